The average Bonchev–Trinajstić information content (AvgIpc) is 2.89. The number of carbonyl (C=O) groups excluding carboxylic acids is 1. The SMILES string of the molecule is O=C(CCC1CCCO1)N1CCC(CO)CC1. The molecule has 2 saturated heterocycles. The number of hydrogen-bond donors (Lipinski definition) is 1. The minimum Gasteiger partial charge on any atom is -0.396 e. The van der Waals surface area contributed by atoms with Crippen LogP contribution in [0.5, 0.6) is 0 Å². The topological polar surface area (TPSA) is 49.8 Å². The van der Waals surface area contributed by atoms with Crippen LogP contribution in [0.15, 0.2) is 0 Å². The molecule has 4 nitrogen and oxygen atoms in total. The van der Waals surface area contributed by atoms with Gasteiger partial charge in [-0.3, -0.25) is 4.79 Å². The molecule has 2 rings (SSSR count). The molecule has 0 aromatic heterocycles. The molecule has 17 heavy (non-hydrogen) atoms. The summed E-state index contributed by atoms with van der Waals surface area (Å²) in [6, 6.07) is 0. The van der Waals surface area contributed by atoms with Gasteiger partial charge < -0.3 is 14.7 Å². The molecule has 1 unspecified atom stereocenters. The Labute approximate surface area is 103 Å². The first kappa shape index (κ1) is 12.8. The summed E-state index contributed by atoms with van der Waals surface area (Å²) in [5.41, 5.74) is 0. The predicted molar refractivity (Wildman–Crippen MR) is 64.6 cm³/mol. The summed E-state index contributed by atoms with van der Waals surface area (Å²) in [5.74, 6) is 0.661. The van der Waals surface area contributed by atoms with E-state index in [1.165, 1.54) is 0 Å². The highest BCUT2D eigenvalue weighted by molar-refractivity contribution is 5.76. The summed E-state index contributed by atoms with van der Waals surface area (Å²) in [6.45, 7) is 2.75. The molecule has 2 heterocycles. The second-order valence-corrected chi connectivity index (χ2v) is 5.18. The van der Waals surface area contributed by atoms with Gasteiger partial charge in [0.25, 0.3) is 0 Å². The Morgan fingerprint density at radius 2 is 2.06 bits per heavy atom. The van der Waals surface area contributed by atoms with Crippen molar-refractivity contribution in [2.24, 2.45) is 5.92 Å². The van der Waals surface area contributed by atoms with Crippen LogP contribution in [0.2, 0.25) is 0 Å². The Hall–Kier alpha value is -0.610. The Balaban J connectivity index is 1.66. The van der Waals surface area contributed by atoms with Gasteiger partial charge in [-0.15, -0.1) is 0 Å². The summed E-state index contributed by atoms with van der Waals surface area (Å²) in [7, 11) is 0. The largest absolute Gasteiger partial charge is 0.396 e. The first-order valence-electron chi connectivity index (χ1n) is 6.80. The second-order valence-electron chi connectivity index (χ2n) is 5.18. The lowest BCUT2D eigenvalue weighted by Gasteiger charge is -2.31. The van der Waals surface area contributed by atoms with Crippen LogP contribution in [0.3, 0.4) is 0 Å². The predicted octanol–water partition coefficient (Wildman–Crippen LogP) is 1.18. The van der Waals surface area contributed by atoms with E-state index in [1.807, 2.05) is 4.90 Å². The molecule has 0 saturated carbocycles. The number of amides is 1. The van der Waals surface area contributed by atoms with Crippen LogP contribution in [-0.4, -0.2) is 48.3 Å². The number of piperidine rings is 1. The molecule has 98 valence electrons. The third-order valence-corrected chi connectivity index (χ3v) is 3.93. The van der Waals surface area contributed by atoms with Crippen LogP contribution in [0.4, 0.5) is 0 Å². The molecule has 4 heteroatoms. The van der Waals surface area contributed by atoms with Crippen LogP contribution < -0.4 is 0 Å². The highest BCUT2D eigenvalue weighted by Gasteiger charge is 2.23. The van der Waals surface area contributed by atoms with Crippen LogP contribution >= 0.6 is 0 Å². The van der Waals surface area contributed by atoms with Gasteiger partial charge >= 0.3 is 0 Å². The minimum absolute atomic E-state index is 0.261. The normalized spacial score (nSPS) is 26.4. The Morgan fingerprint density at radius 1 is 1.29 bits per heavy atom. The Morgan fingerprint density at radius 3 is 2.65 bits per heavy atom. The Kier molecular flexibility index (Phi) is 4.80. The van der Waals surface area contributed by atoms with Gasteiger partial charge in [0.2, 0.25) is 5.91 Å². The molecule has 0 spiro atoms. The summed E-state index contributed by atoms with van der Waals surface area (Å²) >= 11 is 0. The fourth-order valence-corrected chi connectivity index (χ4v) is 2.68. The third-order valence-electron chi connectivity index (χ3n) is 3.93. The number of aliphatic hydroxyl groups is 1. The van der Waals surface area contributed by atoms with E-state index < -0.39 is 0 Å². The number of nitrogens with zero attached hydrogens (tertiary/aromatic N) is 1. The van der Waals surface area contributed by atoms with E-state index in [1.54, 1.807) is 0 Å². The van der Waals surface area contributed by atoms with Crippen molar-refractivity contribution >= 4 is 5.91 Å². The first-order valence-corrected chi connectivity index (χ1v) is 6.80. The van der Waals surface area contributed by atoms with Gasteiger partial charge in [-0.1, -0.05) is 0 Å². The van der Waals surface area contributed by atoms with Gasteiger partial charge in [-0.2, -0.15) is 0 Å². The molecule has 2 fully saturated rings. The van der Waals surface area contributed by atoms with Crippen molar-refractivity contribution in [3.63, 3.8) is 0 Å². The molecule has 0 radical (unpaired) electrons. The molecular weight excluding hydrogens is 218 g/mol. The maximum absolute atomic E-state index is 12.0. The molecule has 1 N–H and O–H groups in total. The van der Waals surface area contributed by atoms with Crippen molar-refractivity contribution < 1.29 is 14.6 Å². The molecule has 2 aliphatic rings. The molecular formula is C13H23NO3. The Bertz CT molecular complexity index is 243. The molecule has 0 bridgehead atoms. The van der Waals surface area contributed by atoms with Gasteiger partial charge in [-0.25, -0.2) is 0 Å². The van der Waals surface area contributed by atoms with Crippen LogP contribution in [-0.2, 0) is 9.53 Å². The molecule has 2 aliphatic heterocycles. The first-order chi connectivity index (χ1) is 8.29. The number of likely N-dealkylation sites (tertiary alicyclic amines) is 1. The minimum atomic E-state index is 0.261. The summed E-state index contributed by atoms with van der Waals surface area (Å²) in [5, 5.41) is 9.04. The fraction of sp³-hybridized carbons (Fsp3) is 0.923. The summed E-state index contributed by atoms with van der Waals surface area (Å²) in [4.78, 5) is 13.9. The van der Waals surface area contributed by atoms with E-state index >= 15 is 0 Å². The zero-order chi connectivity index (χ0) is 12.1. The maximum atomic E-state index is 12.0. The lowest BCUT2D eigenvalue weighted by atomic mass is 9.97. The van der Waals surface area contributed by atoms with E-state index in [2.05, 4.69) is 0 Å². The van der Waals surface area contributed by atoms with Crippen molar-refractivity contribution in [1.82, 2.24) is 4.90 Å². The lowest BCUT2D eigenvalue weighted by molar-refractivity contribution is -0.133. The molecule has 1 amide bonds. The van der Waals surface area contributed by atoms with Crippen molar-refractivity contribution in [2.45, 2.75) is 44.6 Å². The van der Waals surface area contributed by atoms with E-state index in [-0.39, 0.29) is 12.5 Å². The van der Waals surface area contributed by atoms with Crippen LogP contribution in [0.25, 0.3) is 0 Å². The molecule has 0 aromatic rings. The van der Waals surface area contributed by atoms with Gasteiger partial charge in [0, 0.05) is 32.7 Å². The quantitative estimate of drug-likeness (QED) is 0.804. The molecule has 0 aromatic carbocycles. The number of ether oxygens (including phenoxy) is 1. The van der Waals surface area contributed by atoms with Crippen molar-refractivity contribution in [3.05, 3.63) is 0 Å². The van der Waals surface area contributed by atoms with Crippen molar-refractivity contribution in [1.29, 1.82) is 0 Å². The van der Waals surface area contributed by atoms with Crippen LogP contribution in [0, 0.1) is 5.92 Å². The zero-order valence-electron chi connectivity index (χ0n) is 10.4. The number of hydrogen-bond acceptors (Lipinski definition) is 3. The standard InChI is InChI=1S/C13H23NO3/c15-10-11-5-7-14(8-6-11)13(16)4-3-12-2-1-9-17-12/h11-12,15H,1-10H2. The average molecular weight is 241 g/mol. The number of rotatable bonds is 4. The van der Waals surface area contributed by atoms with Gasteiger partial charge in [0.15, 0.2) is 0 Å². The van der Waals surface area contributed by atoms with Gasteiger partial charge in [0.1, 0.15) is 0 Å². The highest BCUT2D eigenvalue weighted by Crippen LogP contribution is 2.20. The van der Waals surface area contributed by atoms with E-state index in [0.29, 0.717) is 18.4 Å². The lowest BCUT2D eigenvalue weighted by Crippen LogP contribution is -2.39. The summed E-state index contributed by atoms with van der Waals surface area (Å²) < 4.78 is 5.52. The van der Waals surface area contributed by atoms with E-state index in [4.69, 9.17) is 9.84 Å². The fourth-order valence-electron chi connectivity index (χ4n) is 2.68. The zero-order valence-corrected chi connectivity index (χ0v) is 10.4. The monoisotopic (exact) mass is 241 g/mol. The van der Waals surface area contributed by atoms with Gasteiger partial charge in [0.05, 0.1) is 6.10 Å². The van der Waals surface area contributed by atoms with Crippen molar-refractivity contribution in [3.8, 4) is 0 Å². The van der Waals surface area contributed by atoms with E-state index in [9.17, 15) is 4.79 Å². The smallest absolute Gasteiger partial charge is 0.222 e. The van der Waals surface area contributed by atoms with Gasteiger partial charge in [-0.05, 0) is 38.0 Å². The number of carbonyl (C=O) groups is 1. The van der Waals surface area contributed by atoms with Crippen molar-refractivity contribution in [2.75, 3.05) is 26.3 Å². The number of aliphatic hydroxyl groups excluding tert-OH is 1. The maximum Gasteiger partial charge on any atom is 0.222 e. The second kappa shape index (κ2) is 6.36. The third kappa shape index (κ3) is 3.68. The molecule has 1 atom stereocenters. The summed E-state index contributed by atoms with van der Waals surface area (Å²) in [6.07, 6.45) is 5.95. The molecule has 0 aliphatic carbocycles. The highest BCUT2D eigenvalue weighted by atomic mass is 16.5. The van der Waals surface area contributed by atoms with E-state index in [0.717, 1.165) is 51.8 Å². The van der Waals surface area contributed by atoms with Crippen LogP contribution in [0.1, 0.15) is 38.5 Å².